The van der Waals surface area contributed by atoms with Gasteiger partial charge in [0.2, 0.25) is 5.91 Å². The van der Waals surface area contributed by atoms with Crippen molar-refractivity contribution in [2.45, 2.75) is 25.0 Å². The summed E-state index contributed by atoms with van der Waals surface area (Å²) >= 11 is 0. The van der Waals surface area contributed by atoms with Gasteiger partial charge in [-0.15, -0.1) is 0 Å². The average Bonchev–Trinajstić information content (AvgIpc) is 2.98. The zero-order valence-corrected chi connectivity index (χ0v) is 11.0. The third-order valence-corrected chi connectivity index (χ3v) is 3.29. The van der Waals surface area contributed by atoms with Crippen LogP contribution in [0.15, 0.2) is 24.5 Å². The number of hydrogen-bond donors (Lipinski definition) is 2. The van der Waals surface area contributed by atoms with Gasteiger partial charge in [-0.25, -0.2) is 0 Å². The SMILES string of the molecule is CON[C@@H](C(=O)N1CCCC1)[C@@H](O)c1ccncc1. The van der Waals surface area contributed by atoms with Crippen LogP contribution in [0.4, 0.5) is 0 Å². The van der Waals surface area contributed by atoms with Crippen molar-refractivity contribution in [3.05, 3.63) is 30.1 Å². The maximum Gasteiger partial charge on any atom is 0.245 e. The number of nitrogens with one attached hydrogen (secondary N) is 1. The molecule has 19 heavy (non-hydrogen) atoms. The molecule has 1 aliphatic heterocycles. The molecule has 1 aromatic heterocycles. The molecule has 2 heterocycles. The molecule has 0 spiro atoms. The van der Waals surface area contributed by atoms with Gasteiger partial charge in [-0.3, -0.25) is 9.78 Å². The number of aliphatic hydroxyl groups is 1. The first-order valence-electron chi connectivity index (χ1n) is 6.39. The summed E-state index contributed by atoms with van der Waals surface area (Å²) in [6.07, 6.45) is 4.23. The summed E-state index contributed by atoms with van der Waals surface area (Å²) in [5.41, 5.74) is 3.23. The number of carbonyl (C=O) groups excluding carboxylic acids is 1. The highest BCUT2D eigenvalue weighted by Crippen LogP contribution is 2.19. The van der Waals surface area contributed by atoms with Crippen LogP contribution in [0, 0.1) is 0 Å². The Morgan fingerprint density at radius 1 is 1.42 bits per heavy atom. The van der Waals surface area contributed by atoms with Crippen molar-refractivity contribution < 1.29 is 14.7 Å². The van der Waals surface area contributed by atoms with Crippen LogP contribution in [0.3, 0.4) is 0 Å². The third-order valence-electron chi connectivity index (χ3n) is 3.29. The van der Waals surface area contributed by atoms with Crippen LogP contribution in [0.1, 0.15) is 24.5 Å². The van der Waals surface area contributed by atoms with Crippen LogP contribution >= 0.6 is 0 Å². The standard InChI is InChI=1S/C13H19N3O3/c1-19-15-11(13(18)16-8-2-3-9-16)12(17)10-4-6-14-7-5-10/h4-7,11-12,15,17H,2-3,8-9H2,1H3/t11-,12+/m1/s1. The molecule has 0 aliphatic carbocycles. The molecule has 1 saturated heterocycles. The topological polar surface area (TPSA) is 74.7 Å². The van der Waals surface area contributed by atoms with Crippen LogP contribution in [0.5, 0.6) is 0 Å². The van der Waals surface area contributed by atoms with E-state index in [0.717, 1.165) is 25.9 Å². The van der Waals surface area contributed by atoms with E-state index in [1.165, 1.54) is 7.11 Å². The van der Waals surface area contributed by atoms with Crippen molar-refractivity contribution in [3.63, 3.8) is 0 Å². The van der Waals surface area contributed by atoms with Crippen LogP contribution in [-0.4, -0.2) is 47.1 Å². The first kappa shape index (κ1) is 13.9. The van der Waals surface area contributed by atoms with E-state index in [1.54, 1.807) is 29.4 Å². The fraction of sp³-hybridized carbons (Fsp3) is 0.538. The predicted octanol–water partition coefficient (Wildman–Crippen LogP) is 0.257. The average molecular weight is 265 g/mol. The van der Waals surface area contributed by atoms with E-state index in [2.05, 4.69) is 10.5 Å². The molecule has 0 saturated carbocycles. The number of hydrogen-bond acceptors (Lipinski definition) is 5. The zero-order chi connectivity index (χ0) is 13.7. The fourth-order valence-corrected chi connectivity index (χ4v) is 2.26. The number of aromatic nitrogens is 1. The van der Waals surface area contributed by atoms with E-state index < -0.39 is 12.1 Å². The Labute approximate surface area is 112 Å². The molecule has 0 bridgehead atoms. The summed E-state index contributed by atoms with van der Waals surface area (Å²) < 4.78 is 0. The quantitative estimate of drug-likeness (QED) is 0.747. The summed E-state index contributed by atoms with van der Waals surface area (Å²) in [7, 11) is 1.43. The first-order chi connectivity index (χ1) is 9.24. The molecule has 0 radical (unpaired) electrons. The van der Waals surface area contributed by atoms with Gasteiger partial charge in [0.1, 0.15) is 12.1 Å². The number of carbonyl (C=O) groups is 1. The molecule has 1 amide bonds. The highest BCUT2D eigenvalue weighted by molar-refractivity contribution is 5.82. The Morgan fingerprint density at radius 3 is 2.63 bits per heavy atom. The number of nitrogens with zero attached hydrogens (tertiary/aromatic N) is 2. The molecular weight excluding hydrogens is 246 g/mol. The smallest absolute Gasteiger partial charge is 0.245 e. The minimum Gasteiger partial charge on any atom is -0.386 e. The van der Waals surface area contributed by atoms with E-state index in [9.17, 15) is 9.90 Å². The van der Waals surface area contributed by atoms with Gasteiger partial charge in [0, 0.05) is 25.5 Å². The van der Waals surface area contributed by atoms with Crippen LogP contribution in [-0.2, 0) is 9.63 Å². The van der Waals surface area contributed by atoms with Gasteiger partial charge >= 0.3 is 0 Å². The van der Waals surface area contributed by atoms with Crippen molar-refractivity contribution in [3.8, 4) is 0 Å². The van der Waals surface area contributed by atoms with E-state index >= 15 is 0 Å². The van der Waals surface area contributed by atoms with Crippen molar-refractivity contribution in [1.29, 1.82) is 0 Å². The normalized spacial score (nSPS) is 18.3. The maximum atomic E-state index is 12.4. The molecule has 1 aromatic rings. The third kappa shape index (κ3) is 3.28. The highest BCUT2D eigenvalue weighted by Gasteiger charge is 2.32. The Bertz CT molecular complexity index is 407. The fourth-order valence-electron chi connectivity index (χ4n) is 2.26. The van der Waals surface area contributed by atoms with E-state index in [1.807, 2.05) is 0 Å². The number of pyridine rings is 1. The largest absolute Gasteiger partial charge is 0.386 e. The van der Waals surface area contributed by atoms with Gasteiger partial charge in [-0.05, 0) is 30.5 Å². The van der Waals surface area contributed by atoms with Crippen molar-refractivity contribution in [2.24, 2.45) is 0 Å². The molecule has 0 aromatic carbocycles. The predicted molar refractivity (Wildman–Crippen MR) is 68.9 cm³/mol. The monoisotopic (exact) mass is 265 g/mol. The van der Waals surface area contributed by atoms with E-state index in [-0.39, 0.29) is 5.91 Å². The molecular formula is C13H19N3O3. The Morgan fingerprint density at radius 2 is 2.05 bits per heavy atom. The van der Waals surface area contributed by atoms with Gasteiger partial charge < -0.3 is 14.8 Å². The van der Waals surface area contributed by atoms with Crippen molar-refractivity contribution >= 4 is 5.91 Å². The minimum atomic E-state index is -0.962. The molecule has 2 N–H and O–H groups in total. The Hall–Kier alpha value is -1.50. The van der Waals surface area contributed by atoms with E-state index in [0.29, 0.717) is 5.56 Å². The number of hydroxylamine groups is 1. The first-order valence-corrected chi connectivity index (χ1v) is 6.39. The number of rotatable bonds is 5. The minimum absolute atomic E-state index is 0.135. The number of aliphatic hydroxyl groups excluding tert-OH is 1. The molecule has 2 atom stereocenters. The van der Waals surface area contributed by atoms with Gasteiger partial charge in [0.25, 0.3) is 0 Å². The van der Waals surface area contributed by atoms with Crippen molar-refractivity contribution in [1.82, 2.24) is 15.4 Å². The van der Waals surface area contributed by atoms with Gasteiger partial charge in [0.15, 0.2) is 0 Å². The lowest BCUT2D eigenvalue weighted by molar-refractivity contribution is -0.140. The second-order valence-electron chi connectivity index (χ2n) is 4.56. The zero-order valence-electron chi connectivity index (χ0n) is 11.0. The molecule has 6 heteroatoms. The molecule has 2 rings (SSSR count). The van der Waals surface area contributed by atoms with Crippen molar-refractivity contribution in [2.75, 3.05) is 20.2 Å². The molecule has 0 unspecified atom stereocenters. The summed E-state index contributed by atoms with van der Waals surface area (Å²) in [5.74, 6) is -0.135. The second-order valence-corrected chi connectivity index (χ2v) is 4.56. The van der Waals surface area contributed by atoms with Crippen LogP contribution in [0.2, 0.25) is 0 Å². The van der Waals surface area contributed by atoms with Crippen LogP contribution < -0.4 is 5.48 Å². The summed E-state index contributed by atoms with van der Waals surface area (Å²) in [6, 6.07) is 2.57. The van der Waals surface area contributed by atoms with E-state index in [4.69, 9.17) is 4.84 Å². The molecule has 1 aliphatic rings. The molecule has 104 valence electrons. The summed E-state index contributed by atoms with van der Waals surface area (Å²) in [5, 5.41) is 10.3. The van der Waals surface area contributed by atoms with Crippen LogP contribution in [0.25, 0.3) is 0 Å². The number of likely N-dealkylation sites (tertiary alicyclic amines) is 1. The lowest BCUT2D eigenvalue weighted by Crippen LogP contribution is -2.48. The highest BCUT2D eigenvalue weighted by atomic mass is 16.6. The summed E-state index contributed by atoms with van der Waals surface area (Å²) in [6.45, 7) is 1.48. The lowest BCUT2D eigenvalue weighted by atomic mass is 10.0. The Kier molecular flexibility index (Phi) is 4.84. The van der Waals surface area contributed by atoms with Gasteiger partial charge in [-0.1, -0.05) is 0 Å². The van der Waals surface area contributed by atoms with Gasteiger partial charge in [0.05, 0.1) is 7.11 Å². The second kappa shape index (κ2) is 6.60. The van der Waals surface area contributed by atoms with Gasteiger partial charge in [-0.2, -0.15) is 5.48 Å². The Balaban J connectivity index is 2.12. The maximum absolute atomic E-state index is 12.4. The number of amides is 1. The summed E-state index contributed by atoms with van der Waals surface area (Å²) in [4.78, 5) is 22.9. The lowest BCUT2D eigenvalue weighted by Gasteiger charge is -2.26. The molecule has 6 nitrogen and oxygen atoms in total. The molecule has 1 fully saturated rings.